The summed E-state index contributed by atoms with van der Waals surface area (Å²) in [5.74, 6) is -0.480. The monoisotopic (exact) mass is 325 g/mol. The number of aromatic nitrogens is 2. The number of hydrogen-bond acceptors (Lipinski definition) is 3. The van der Waals surface area contributed by atoms with E-state index in [0.29, 0.717) is 12.0 Å². The molecule has 24 heavy (non-hydrogen) atoms. The van der Waals surface area contributed by atoms with Crippen molar-refractivity contribution in [2.45, 2.75) is 18.6 Å². The minimum atomic E-state index is -0.590. The fourth-order valence-electron chi connectivity index (χ4n) is 3.35. The standard InChI is InChI=1S/C18H16FN3O2/c19-12-6-4-11(5-7-12)17-8-13(23)10-22(17)18(24)14-2-1-3-16-15(14)9-20-21-16/h1-7,9,13,17,23H,8,10H2,(H,20,21)/t13-,17-/m1/s1. The number of nitrogens with zero attached hydrogens (tertiary/aromatic N) is 2. The third-order valence-electron chi connectivity index (χ3n) is 4.51. The maximum absolute atomic E-state index is 13.2. The third kappa shape index (κ3) is 2.45. The van der Waals surface area contributed by atoms with Gasteiger partial charge in [-0.25, -0.2) is 4.39 Å². The molecule has 2 N–H and O–H groups in total. The number of carbonyl (C=O) groups excluding carboxylic acids is 1. The Morgan fingerprint density at radius 1 is 1.25 bits per heavy atom. The zero-order valence-electron chi connectivity index (χ0n) is 12.8. The fraction of sp³-hybridized carbons (Fsp3) is 0.222. The lowest BCUT2D eigenvalue weighted by molar-refractivity contribution is 0.0718. The number of rotatable bonds is 2. The van der Waals surface area contributed by atoms with Gasteiger partial charge in [-0.05, 0) is 36.2 Å². The molecule has 2 heterocycles. The molecule has 4 rings (SSSR count). The van der Waals surface area contributed by atoms with Crippen molar-refractivity contribution in [2.75, 3.05) is 6.54 Å². The number of carbonyl (C=O) groups is 1. The van der Waals surface area contributed by atoms with Gasteiger partial charge in [-0.2, -0.15) is 5.10 Å². The molecule has 0 bridgehead atoms. The van der Waals surface area contributed by atoms with E-state index in [0.717, 1.165) is 16.5 Å². The van der Waals surface area contributed by atoms with E-state index in [9.17, 15) is 14.3 Å². The normalized spacial score (nSPS) is 20.7. The molecule has 5 nitrogen and oxygen atoms in total. The topological polar surface area (TPSA) is 69.2 Å². The van der Waals surface area contributed by atoms with Crippen LogP contribution in [0.3, 0.4) is 0 Å². The van der Waals surface area contributed by atoms with Crippen LogP contribution in [-0.2, 0) is 0 Å². The molecule has 0 spiro atoms. The van der Waals surface area contributed by atoms with E-state index < -0.39 is 6.10 Å². The van der Waals surface area contributed by atoms with Gasteiger partial charge in [-0.3, -0.25) is 9.89 Å². The molecule has 0 unspecified atom stereocenters. The molecular formula is C18H16FN3O2. The Morgan fingerprint density at radius 2 is 2.04 bits per heavy atom. The zero-order valence-corrected chi connectivity index (χ0v) is 12.8. The number of hydrogen-bond donors (Lipinski definition) is 2. The summed E-state index contributed by atoms with van der Waals surface area (Å²) in [6, 6.07) is 11.2. The second-order valence-electron chi connectivity index (χ2n) is 6.05. The second kappa shape index (κ2) is 5.72. The largest absolute Gasteiger partial charge is 0.391 e. The number of β-amino-alcohol motifs (C(OH)–C–C–N with tert-alkyl or cyclic N) is 1. The van der Waals surface area contributed by atoms with Gasteiger partial charge in [0, 0.05) is 11.9 Å². The van der Waals surface area contributed by atoms with E-state index in [4.69, 9.17) is 0 Å². The minimum absolute atomic E-state index is 0.159. The van der Waals surface area contributed by atoms with Gasteiger partial charge in [0.25, 0.3) is 5.91 Å². The third-order valence-corrected chi connectivity index (χ3v) is 4.51. The van der Waals surface area contributed by atoms with Crippen molar-refractivity contribution in [3.63, 3.8) is 0 Å². The Kier molecular flexibility index (Phi) is 3.54. The summed E-state index contributed by atoms with van der Waals surface area (Å²) < 4.78 is 13.2. The van der Waals surface area contributed by atoms with Crippen molar-refractivity contribution < 1.29 is 14.3 Å². The maximum Gasteiger partial charge on any atom is 0.255 e. The van der Waals surface area contributed by atoms with Crippen LogP contribution in [0.25, 0.3) is 10.9 Å². The number of halogens is 1. The molecule has 1 aromatic heterocycles. The average Bonchev–Trinajstić information content (AvgIpc) is 3.21. The van der Waals surface area contributed by atoms with Crippen LogP contribution in [0.2, 0.25) is 0 Å². The second-order valence-corrected chi connectivity index (χ2v) is 6.05. The van der Waals surface area contributed by atoms with E-state index in [2.05, 4.69) is 10.2 Å². The highest BCUT2D eigenvalue weighted by Gasteiger charge is 2.36. The molecule has 122 valence electrons. The fourth-order valence-corrected chi connectivity index (χ4v) is 3.35. The van der Waals surface area contributed by atoms with E-state index >= 15 is 0 Å². The molecule has 3 aromatic rings. The summed E-state index contributed by atoms with van der Waals surface area (Å²) in [5.41, 5.74) is 2.15. The summed E-state index contributed by atoms with van der Waals surface area (Å²) in [6.45, 7) is 0.259. The number of nitrogens with one attached hydrogen (secondary N) is 1. The Morgan fingerprint density at radius 3 is 2.83 bits per heavy atom. The van der Waals surface area contributed by atoms with Gasteiger partial charge >= 0.3 is 0 Å². The van der Waals surface area contributed by atoms with Gasteiger partial charge in [-0.1, -0.05) is 18.2 Å². The molecule has 1 aliphatic rings. The zero-order chi connectivity index (χ0) is 16.7. The first-order valence-electron chi connectivity index (χ1n) is 7.80. The first kappa shape index (κ1) is 14.8. The van der Waals surface area contributed by atoms with Gasteiger partial charge in [0.15, 0.2) is 0 Å². The molecule has 1 fully saturated rings. The van der Waals surface area contributed by atoms with Crippen LogP contribution in [0.5, 0.6) is 0 Å². The van der Waals surface area contributed by atoms with Crippen LogP contribution < -0.4 is 0 Å². The van der Waals surface area contributed by atoms with E-state index in [-0.39, 0.29) is 24.3 Å². The Hall–Kier alpha value is -2.73. The number of aliphatic hydroxyl groups excluding tert-OH is 1. The maximum atomic E-state index is 13.2. The number of aliphatic hydroxyl groups is 1. The van der Waals surface area contributed by atoms with Gasteiger partial charge in [0.05, 0.1) is 29.4 Å². The van der Waals surface area contributed by atoms with Crippen LogP contribution in [0, 0.1) is 5.82 Å². The Labute approximate surface area is 137 Å². The predicted molar refractivity (Wildman–Crippen MR) is 86.9 cm³/mol. The SMILES string of the molecule is O=C(c1cccc2[nH]ncc12)N1C[C@H](O)C[C@@H]1c1ccc(F)cc1. The smallest absolute Gasteiger partial charge is 0.255 e. The molecule has 0 radical (unpaired) electrons. The van der Waals surface area contributed by atoms with E-state index in [1.54, 1.807) is 35.4 Å². The molecule has 1 saturated heterocycles. The van der Waals surface area contributed by atoms with Crippen molar-refractivity contribution in [2.24, 2.45) is 0 Å². The molecule has 2 aromatic carbocycles. The molecule has 1 amide bonds. The van der Waals surface area contributed by atoms with Crippen molar-refractivity contribution in [1.29, 1.82) is 0 Å². The lowest BCUT2D eigenvalue weighted by Gasteiger charge is -2.25. The molecule has 1 aliphatic heterocycles. The summed E-state index contributed by atoms with van der Waals surface area (Å²) in [4.78, 5) is 14.7. The summed E-state index contributed by atoms with van der Waals surface area (Å²) in [5, 5.41) is 17.7. The van der Waals surface area contributed by atoms with Crippen molar-refractivity contribution >= 4 is 16.8 Å². The molecule has 2 atom stereocenters. The predicted octanol–water partition coefficient (Wildman–Crippen LogP) is 2.65. The Balaban J connectivity index is 1.72. The first-order chi connectivity index (χ1) is 11.6. The molecule has 0 aliphatic carbocycles. The summed E-state index contributed by atoms with van der Waals surface area (Å²) >= 11 is 0. The van der Waals surface area contributed by atoms with Gasteiger partial charge in [0.2, 0.25) is 0 Å². The van der Waals surface area contributed by atoms with Crippen molar-refractivity contribution in [3.05, 3.63) is 65.6 Å². The lowest BCUT2D eigenvalue weighted by atomic mass is 10.0. The van der Waals surface area contributed by atoms with Gasteiger partial charge in [0.1, 0.15) is 5.82 Å². The average molecular weight is 325 g/mol. The van der Waals surface area contributed by atoms with Gasteiger partial charge in [-0.15, -0.1) is 0 Å². The van der Waals surface area contributed by atoms with Crippen LogP contribution in [0.15, 0.2) is 48.7 Å². The highest BCUT2D eigenvalue weighted by molar-refractivity contribution is 6.06. The van der Waals surface area contributed by atoms with Crippen molar-refractivity contribution in [3.8, 4) is 0 Å². The molecule has 0 saturated carbocycles. The van der Waals surface area contributed by atoms with E-state index in [1.807, 2.05) is 6.07 Å². The molecule has 6 heteroatoms. The number of amides is 1. The number of fused-ring (bicyclic) bond motifs is 1. The van der Waals surface area contributed by atoms with Crippen LogP contribution in [-0.4, -0.2) is 38.8 Å². The summed E-state index contributed by atoms with van der Waals surface area (Å²) in [7, 11) is 0. The summed E-state index contributed by atoms with van der Waals surface area (Å²) in [6.07, 6.45) is 1.48. The van der Waals surface area contributed by atoms with Crippen LogP contribution in [0.1, 0.15) is 28.4 Å². The lowest BCUT2D eigenvalue weighted by Crippen LogP contribution is -2.31. The van der Waals surface area contributed by atoms with Crippen LogP contribution in [0.4, 0.5) is 4.39 Å². The number of benzene rings is 2. The van der Waals surface area contributed by atoms with Gasteiger partial charge < -0.3 is 10.0 Å². The highest BCUT2D eigenvalue weighted by Crippen LogP contribution is 2.34. The molecular weight excluding hydrogens is 309 g/mol. The highest BCUT2D eigenvalue weighted by atomic mass is 19.1. The Bertz CT molecular complexity index is 891. The number of aromatic amines is 1. The number of likely N-dealkylation sites (tertiary alicyclic amines) is 1. The van der Waals surface area contributed by atoms with E-state index in [1.165, 1.54) is 12.1 Å². The number of H-pyrrole nitrogens is 1. The first-order valence-corrected chi connectivity index (χ1v) is 7.80. The minimum Gasteiger partial charge on any atom is -0.391 e. The quantitative estimate of drug-likeness (QED) is 0.761. The van der Waals surface area contributed by atoms with Crippen LogP contribution >= 0.6 is 0 Å². The van der Waals surface area contributed by atoms with Crippen molar-refractivity contribution in [1.82, 2.24) is 15.1 Å².